The molecule has 0 N–H and O–H groups in total. The molecule has 0 aromatic heterocycles. The lowest BCUT2D eigenvalue weighted by molar-refractivity contribution is 0.0677. The average Bonchev–Trinajstić information content (AvgIpc) is 2.69. The van der Waals surface area contributed by atoms with E-state index in [1.165, 1.54) is 6.07 Å². The Morgan fingerprint density at radius 3 is 2.69 bits per heavy atom. The molecule has 2 aliphatic rings. The first-order valence-electron chi connectivity index (χ1n) is 9.16. The highest BCUT2D eigenvalue weighted by Gasteiger charge is 2.30. The molecular formula is C21H23FN2O2. The highest BCUT2D eigenvalue weighted by Crippen LogP contribution is 2.33. The Kier molecular flexibility index (Phi) is 4.64. The van der Waals surface area contributed by atoms with Gasteiger partial charge in [0.2, 0.25) is 0 Å². The van der Waals surface area contributed by atoms with E-state index in [1.807, 2.05) is 42.2 Å². The van der Waals surface area contributed by atoms with Gasteiger partial charge in [-0.05, 0) is 48.7 Å². The van der Waals surface area contributed by atoms with Gasteiger partial charge in [0, 0.05) is 25.3 Å². The summed E-state index contributed by atoms with van der Waals surface area (Å²) in [6.45, 7) is 5.55. The zero-order valence-electron chi connectivity index (χ0n) is 15.0. The van der Waals surface area contributed by atoms with E-state index in [4.69, 9.17) is 4.74 Å². The Morgan fingerprint density at radius 1 is 1.12 bits per heavy atom. The number of ether oxygens (including phenoxy) is 1. The molecule has 136 valence electrons. The number of benzene rings is 2. The fourth-order valence-electron chi connectivity index (χ4n) is 3.95. The summed E-state index contributed by atoms with van der Waals surface area (Å²) in [5.74, 6) is -0.242. The number of morpholine rings is 1. The van der Waals surface area contributed by atoms with Crippen LogP contribution in [0.15, 0.2) is 42.5 Å². The molecule has 0 aliphatic carbocycles. The third-order valence-electron chi connectivity index (χ3n) is 5.39. The van der Waals surface area contributed by atoms with E-state index >= 15 is 0 Å². The smallest absolute Gasteiger partial charge is 0.256 e. The first-order valence-corrected chi connectivity index (χ1v) is 9.16. The highest BCUT2D eigenvalue weighted by molar-refractivity contribution is 6.00. The zero-order valence-corrected chi connectivity index (χ0v) is 15.0. The van der Waals surface area contributed by atoms with Gasteiger partial charge in [0.05, 0.1) is 24.8 Å². The normalized spacial score (nSPS) is 20.0. The first kappa shape index (κ1) is 17.0. The van der Waals surface area contributed by atoms with Gasteiger partial charge in [0.1, 0.15) is 5.82 Å². The third kappa shape index (κ3) is 3.07. The maximum Gasteiger partial charge on any atom is 0.256 e. The Bertz CT molecular complexity index is 817. The van der Waals surface area contributed by atoms with E-state index in [-0.39, 0.29) is 17.8 Å². The van der Waals surface area contributed by atoms with E-state index < -0.39 is 0 Å². The van der Waals surface area contributed by atoms with Crippen LogP contribution in [0.1, 0.15) is 34.5 Å². The second-order valence-electron chi connectivity index (χ2n) is 6.88. The molecule has 5 heteroatoms. The largest absolute Gasteiger partial charge is 0.378 e. The highest BCUT2D eigenvalue weighted by atomic mass is 19.1. The molecule has 4 nitrogen and oxygen atoms in total. The third-order valence-corrected chi connectivity index (χ3v) is 5.39. The summed E-state index contributed by atoms with van der Waals surface area (Å²) in [4.78, 5) is 17.4. The number of para-hydroxylation sites is 1. The molecule has 0 spiro atoms. The van der Waals surface area contributed by atoms with Crippen molar-refractivity contribution in [2.75, 3.05) is 37.7 Å². The van der Waals surface area contributed by atoms with Crippen molar-refractivity contribution in [1.29, 1.82) is 0 Å². The van der Waals surface area contributed by atoms with Gasteiger partial charge < -0.3 is 14.5 Å². The number of carbonyl (C=O) groups is 1. The predicted octanol–water partition coefficient (Wildman–Crippen LogP) is 3.42. The maximum atomic E-state index is 13.7. The van der Waals surface area contributed by atoms with Gasteiger partial charge in [-0.25, -0.2) is 4.39 Å². The van der Waals surface area contributed by atoms with Crippen molar-refractivity contribution >= 4 is 11.6 Å². The summed E-state index contributed by atoms with van der Waals surface area (Å²) in [6, 6.07) is 12.5. The van der Waals surface area contributed by atoms with E-state index in [1.54, 1.807) is 6.07 Å². The SMILES string of the molecule is CC1c2cc(F)ccc2CCN1C(=O)c1ccccc1N1CCOCC1. The standard InChI is InChI=1S/C21H23FN2O2/c1-15-19-14-17(22)7-6-16(19)8-9-24(15)21(25)18-4-2-3-5-20(18)23-10-12-26-13-11-23/h2-7,14-15H,8-13H2,1H3. The van der Waals surface area contributed by atoms with E-state index in [9.17, 15) is 9.18 Å². The maximum absolute atomic E-state index is 13.7. The lowest BCUT2D eigenvalue weighted by atomic mass is 9.92. The van der Waals surface area contributed by atoms with Crippen molar-refractivity contribution in [1.82, 2.24) is 4.90 Å². The second kappa shape index (κ2) is 7.08. The number of nitrogens with zero attached hydrogens (tertiary/aromatic N) is 2. The van der Waals surface area contributed by atoms with Crippen molar-refractivity contribution in [3.63, 3.8) is 0 Å². The van der Waals surface area contributed by atoms with Gasteiger partial charge in [-0.1, -0.05) is 18.2 Å². The number of anilines is 1. The molecule has 4 rings (SSSR count). The van der Waals surface area contributed by atoms with Crippen LogP contribution >= 0.6 is 0 Å². The van der Waals surface area contributed by atoms with Crippen LogP contribution in [0.5, 0.6) is 0 Å². The molecule has 1 atom stereocenters. The van der Waals surface area contributed by atoms with Crippen LogP contribution in [-0.2, 0) is 11.2 Å². The molecular weight excluding hydrogens is 331 g/mol. The lowest BCUT2D eigenvalue weighted by Crippen LogP contribution is -2.41. The lowest BCUT2D eigenvalue weighted by Gasteiger charge is -2.37. The van der Waals surface area contributed by atoms with Gasteiger partial charge in [0.25, 0.3) is 5.91 Å². The molecule has 1 unspecified atom stereocenters. The summed E-state index contributed by atoms with van der Waals surface area (Å²) < 4.78 is 19.1. The summed E-state index contributed by atoms with van der Waals surface area (Å²) in [7, 11) is 0. The first-order chi connectivity index (χ1) is 12.6. The number of hydrogen-bond donors (Lipinski definition) is 0. The quantitative estimate of drug-likeness (QED) is 0.828. The minimum absolute atomic E-state index is 0.00880. The van der Waals surface area contributed by atoms with E-state index in [2.05, 4.69) is 4.90 Å². The Morgan fingerprint density at radius 2 is 1.88 bits per heavy atom. The average molecular weight is 354 g/mol. The van der Waals surface area contributed by atoms with Crippen molar-refractivity contribution in [2.45, 2.75) is 19.4 Å². The number of halogens is 1. The Labute approximate surface area is 153 Å². The monoisotopic (exact) mass is 354 g/mol. The number of fused-ring (bicyclic) bond motifs is 1. The van der Waals surface area contributed by atoms with E-state index in [0.717, 1.165) is 36.3 Å². The molecule has 0 saturated carbocycles. The van der Waals surface area contributed by atoms with Gasteiger partial charge in [-0.15, -0.1) is 0 Å². The van der Waals surface area contributed by atoms with Crippen LogP contribution in [0.4, 0.5) is 10.1 Å². The Hall–Kier alpha value is -2.40. The molecule has 2 heterocycles. The minimum Gasteiger partial charge on any atom is -0.378 e. The zero-order chi connectivity index (χ0) is 18.1. The Balaban J connectivity index is 1.64. The van der Waals surface area contributed by atoms with Crippen LogP contribution in [0.25, 0.3) is 0 Å². The van der Waals surface area contributed by atoms with Crippen LogP contribution < -0.4 is 4.90 Å². The number of amides is 1. The molecule has 0 bridgehead atoms. The molecule has 2 aromatic carbocycles. The van der Waals surface area contributed by atoms with Gasteiger partial charge >= 0.3 is 0 Å². The molecule has 2 aliphatic heterocycles. The molecule has 26 heavy (non-hydrogen) atoms. The van der Waals surface area contributed by atoms with Crippen molar-refractivity contribution < 1.29 is 13.9 Å². The fraction of sp³-hybridized carbons (Fsp3) is 0.381. The number of rotatable bonds is 2. The van der Waals surface area contributed by atoms with Crippen LogP contribution in [0.3, 0.4) is 0 Å². The van der Waals surface area contributed by atoms with Crippen LogP contribution in [0, 0.1) is 5.82 Å². The van der Waals surface area contributed by atoms with Gasteiger partial charge in [-0.2, -0.15) is 0 Å². The van der Waals surface area contributed by atoms with Crippen molar-refractivity contribution in [3.8, 4) is 0 Å². The fourth-order valence-corrected chi connectivity index (χ4v) is 3.95. The minimum atomic E-state index is -0.251. The molecule has 1 amide bonds. The predicted molar refractivity (Wildman–Crippen MR) is 99.0 cm³/mol. The van der Waals surface area contributed by atoms with Crippen molar-refractivity contribution in [3.05, 3.63) is 65.0 Å². The summed E-state index contributed by atoms with van der Waals surface area (Å²) >= 11 is 0. The van der Waals surface area contributed by atoms with Crippen LogP contribution in [-0.4, -0.2) is 43.7 Å². The molecule has 0 radical (unpaired) electrons. The van der Waals surface area contributed by atoms with Gasteiger partial charge in [0.15, 0.2) is 0 Å². The number of hydrogen-bond acceptors (Lipinski definition) is 3. The summed E-state index contributed by atoms with van der Waals surface area (Å²) in [5.41, 5.74) is 3.71. The topological polar surface area (TPSA) is 32.8 Å². The molecule has 1 saturated heterocycles. The van der Waals surface area contributed by atoms with Crippen LogP contribution in [0.2, 0.25) is 0 Å². The molecule has 2 aromatic rings. The second-order valence-corrected chi connectivity index (χ2v) is 6.88. The van der Waals surface area contributed by atoms with E-state index in [0.29, 0.717) is 25.3 Å². The van der Waals surface area contributed by atoms with Gasteiger partial charge in [-0.3, -0.25) is 4.79 Å². The number of carbonyl (C=O) groups excluding carboxylic acids is 1. The summed E-state index contributed by atoms with van der Waals surface area (Å²) in [5, 5.41) is 0. The summed E-state index contributed by atoms with van der Waals surface area (Å²) in [6.07, 6.45) is 0.755. The molecule has 1 fully saturated rings. The van der Waals surface area contributed by atoms with Crippen molar-refractivity contribution in [2.24, 2.45) is 0 Å².